The largest absolute Gasteiger partial charge is 0.496 e. The molecule has 0 atom stereocenters. The lowest BCUT2D eigenvalue weighted by atomic mass is 9.97. The van der Waals surface area contributed by atoms with Crippen molar-refractivity contribution in [2.24, 2.45) is 0 Å². The zero-order chi connectivity index (χ0) is 25.2. The molecule has 4 N–H and O–H groups in total. The summed E-state index contributed by atoms with van der Waals surface area (Å²) in [4.78, 5) is 31.5. The van der Waals surface area contributed by atoms with E-state index in [1.165, 1.54) is 13.2 Å². The Bertz CT molecular complexity index is 1660. The molecule has 184 valence electrons. The van der Waals surface area contributed by atoms with Crippen LogP contribution in [0.2, 0.25) is 0 Å². The Balaban J connectivity index is 1.54. The second-order valence-corrected chi connectivity index (χ2v) is 8.43. The number of imidazole rings is 1. The van der Waals surface area contributed by atoms with Crippen LogP contribution in [0.5, 0.6) is 5.75 Å². The van der Waals surface area contributed by atoms with Gasteiger partial charge in [0.25, 0.3) is 5.56 Å². The number of fused-ring (bicyclic) bond motifs is 2. The van der Waals surface area contributed by atoms with Gasteiger partial charge in [-0.05, 0) is 49.1 Å². The summed E-state index contributed by atoms with van der Waals surface area (Å²) in [5.74, 6) is 0.274. The minimum Gasteiger partial charge on any atom is -0.496 e. The molecule has 0 aliphatic heterocycles. The molecule has 10 heteroatoms. The van der Waals surface area contributed by atoms with Gasteiger partial charge in [0.15, 0.2) is 0 Å². The van der Waals surface area contributed by atoms with Crippen molar-refractivity contribution >= 4 is 35.2 Å². The highest BCUT2D eigenvalue weighted by atomic mass is 19.1. The smallest absolute Gasteiger partial charge is 0.321 e. The number of methoxy groups -OCH3 is 1. The number of amides is 2. The van der Waals surface area contributed by atoms with Crippen LogP contribution in [0.1, 0.15) is 31.0 Å². The number of nitrogens with zero attached hydrogens (tertiary/aromatic N) is 2. The molecule has 0 unspecified atom stereocenters. The van der Waals surface area contributed by atoms with Crippen LogP contribution in [0.15, 0.2) is 35.1 Å². The zero-order valence-electron chi connectivity index (χ0n) is 19.9. The van der Waals surface area contributed by atoms with Crippen LogP contribution < -0.4 is 31.4 Å². The van der Waals surface area contributed by atoms with Crippen LogP contribution in [-0.2, 0) is 6.42 Å². The van der Waals surface area contributed by atoms with Gasteiger partial charge in [0, 0.05) is 35.0 Å². The molecule has 1 aliphatic carbocycles. The van der Waals surface area contributed by atoms with Gasteiger partial charge in [0.1, 0.15) is 11.6 Å². The Kier molecular flexibility index (Phi) is 6.24. The third-order valence-corrected chi connectivity index (χ3v) is 6.09. The number of halogens is 1. The maximum atomic E-state index is 15.1. The Labute approximate surface area is 205 Å². The van der Waals surface area contributed by atoms with Crippen molar-refractivity contribution in [3.8, 4) is 16.9 Å². The predicted molar refractivity (Wildman–Crippen MR) is 136 cm³/mol. The van der Waals surface area contributed by atoms with E-state index in [1.807, 2.05) is 37.3 Å². The third kappa shape index (κ3) is 4.45. The number of rotatable bonds is 6. The predicted octanol–water partition coefficient (Wildman–Crippen LogP) is 2.55. The second kappa shape index (κ2) is 9.65. The first-order valence-electron chi connectivity index (χ1n) is 11.7. The van der Waals surface area contributed by atoms with Gasteiger partial charge in [0.2, 0.25) is 5.95 Å². The van der Waals surface area contributed by atoms with Crippen molar-refractivity contribution in [2.45, 2.75) is 26.2 Å². The number of aromatic nitrogens is 4. The third-order valence-electron chi connectivity index (χ3n) is 6.09. The summed E-state index contributed by atoms with van der Waals surface area (Å²) in [6.07, 6.45) is 5.67. The minimum atomic E-state index is -0.425. The SMILES string of the molecule is CCNC(=O)Nc1nc2cc(-c3cc(Cc4n[nH]c(=O)c5c4=CCCC=5)c(F)cc3OC)ccc2[nH]1. The molecule has 0 fully saturated rings. The molecule has 4 aromatic rings. The van der Waals surface area contributed by atoms with Crippen molar-refractivity contribution in [1.29, 1.82) is 0 Å². The Morgan fingerprint density at radius 3 is 2.75 bits per heavy atom. The van der Waals surface area contributed by atoms with Gasteiger partial charge in [-0.1, -0.05) is 18.2 Å². The van der Waals surface area contributed by atoms with E-state index in [2.05, 4.69) is 30.8 Å². The summed E-state index contributed by atoms with van der Waals surface area (Å²) in [5.41, 5.74) is 3.62. The summed E-state index contributed by atoms with van der Waals surface area (Å²) in [7, 11) is 1.49. The molecule has 2 aromatic carbocycles. The molecular weight excluding hydrogens is 463 g/mol. The van der Waals surface area contributed by atoms with Gasteiger partial charge >= 0.3 is 6.03 Å². The maximum absolute atomic E-state index is 15.1. The quantitative estimate of drug-likeness (QED) is 0.332. The number of ether oxygens (including phenoxy) is 1. The van der Waals surface area contributed by atoms with E-state index in [0.717, 1.165) is 29.1 Å². The first-order valence-corrected chi connectivity index (χ1v) is 11.7. The fourth-order valence-electron chi connectivity index (χ4n) is 4.39. The van der Waals surface area contributed by atoms with E-state index in [4.69, 9.17) is 4.74 Å². The van der Waals surface area contributed by atoms with Gasteiger partial charge in [-0.2, -0.15) is 5.10 Å². The zero-order valence-corrected chi connectivity index (χ0v) is 19.9. The maximum Gasteiger partial charge on any atom is 0.321 e. The number of H-pyrrole nitrogens is 2. The van der Waals surface area contributed by atoms with E-state index in [1.54, 1.807) is 6.07 Å². The molecule has 0 radical (unpaired) electrons. The molecule has 0 saturated heterocycles. The molecule has 0 saturated carbocycles. The average molecular weight is 489 g/mol. The number of urea groups is 1. The number of carbonyl (C=O) groups excluding carboxylic acids is 1. The van der Waals surface area contributed by atoms with E-state index in [0.29, 0.717) is 45.8 Å². The molecule has 2 aromatic heterocycles. The topological polar surface area (TPSA) is 125 Å². The van der Waals surface area contributed by atoms with Crippen molar-refractivity contribution < 1.29 is 13.9 Å². The number of hydrogen-bond acceptors (Lipinski definition) is 5. The summed E-state index contributed by atoms with van der Waals surface area (Å²) in [6, 6.07) is 8.30. The summed E-state index contributed by atoms with van der Waals surface area (Å²) in [6.45, 7) is 2.32. The fourth-order valence-corrected chi connectivity index (χ4v) is 4.39. The molecule has 9 nitrogen and oxygen atoms in total. The van der Waals surface area contributed by atoms with Crippen LogP contribution in [0.4, 0.5) is 15.1 Å². The highest BCUT2D eigenvalue weighted by Gasteiger charge is 2.16. The van der Waals surface area contributed by atoms with Crippen LogP contribution >= 0.6 is 0 Å². The molecule has 0 spiro atoms. The van der Waals surface area contributed by atoms with Gasteiger partial charge < -0.3 is 15.0 Å². The first-order chi connectivity index (χ1) is 17.5. The van der Waals surface area contributed by atoms with Crippen LogP contribution in [-0.4, -0.2) is 39.9 Å². The average Bonchev–Trinajstić information content (AvgIpc) is 3.28. The van der Waals surface area contributed by atoms with E-state index < -0.39 is 5.82 Å². The van der Waals surface area contributed by atoms with E-state index in [-0.39, 0.29) is 18.0 Å². The number of benzene rings is 2. The molecule has 2 amide bonds. The number of nitrogens with one attached hydrogen (secondary N) is 4. The van der Waals surface area contributed by atoms with E-state index in [9.17, 15) is 9.59 Å². The standard InChI is InChI=1S/C26H25FN6O3/c1-3-28-26(35)31-25-29-20-9-8-14(11-22(20)30-25)18-10-15(19(27)13-23(18)36-2)12-21-16-6-4-5-7-17(16)24(34)33-32-21/h6-11,13H,3-5,12H2,1-2H3,(H,33,34)(H3,28,29,30,31,35). The molecule has 5 rings (SSSR count). The van der Waals surface area contributed by atoms with Crippen molar-refractivity contribution in [3.63, 3.8) is 0 Å². The Morgan fingerprint density at radius 1 is 1.17 bits per heavy atom. The minimum absolute atomic E-state index is 0.206. The summed E-state index contributed by atoms with van der Waals surface area (Å²) in [5, 5.41) is 13.4. The number of carbonyl (C=O) groups is 1. The lowest BCUT2D eigenvalue weighted by molar-refractivity contribution is 0.252. The lowest BCUT2D eigenvalue weighted by Gasteiger charge is -2.13. The van der Waals surface area contributed by atoms with E-state index >= 15 is 4.39 Å². The van der Waals surface area contributed by atoms with Gasteiger partial charge in [-0.25, -0.2) is 19.3 Å². The molecule has 0 bridgehead atoms. The second-order valence-electron chi connectivity index (χ2n) is 8.43. The molecule has 2 heterocycles. The number of anilines is 1. The Morgan fingerprint density at radius 2 is 1.97 bits per heavy atom. The molecular formula is C26H25FN6O3. The van der Waals surface area contributed by atoms with Crippen molar-refractivity contribution in [2.75, 3.05) is 19.0 Å². The van der Waals surface area contributed by atoms with Gasteiger partial charge in [-0.15, -0.1) is 0 Å². The summed E-state index contributed by atoms with van der Waals surface area (Å²) >= 11 is 0. The highest BCUT2D eigenvalue weighted by Crippen LogP contribution is 2.34. The first kappa shape index (κ1) is 23.3. The van der Waals surface area contributed by atoms with Crippen molar-refractivity contribution in [1.82, 2.24) is 25.5 Å². The normalized spacial score (nSPS) is 12.4. The molecule has 1 aliphatic rings. The summed E-state index contributed by atoms with van der Waals surface area (Å²) < 4.78 is 20.6. The van der Waals surface area contributed by atoms with Gasteiger partial charge in [-0.3, -0.25) is 10.1 Å². The molecule has 36 heavy (non-hydrogen) atoms. The van der Waals surface area contributed by atoms with Crippen LogP contribution in [0, 0.1) is 5.82 Å². The lowest BCUT2D eigenvalue weighted by Crippen LogP contribution is -2.45. The van der Waals surface area contributed by atoms with Gasteiger partial charge in [0.05, 0.1) is 23.8 Å². The van der Waals surface area contributed by atoms with Crippen LogP contribution in [0.3, 0.4) is 0 Å². The van der Waals surface area contributed by atoms with Crippen molar-refractivity contribution in [3.05, 3.63) is 68.2 Å². The monoisotopic (exact) mass is 488 g/mol. The Hall–Kier alpha value is -4.47. The highest BCUT2D eigenvalue weighted by molar-refractivity contribution is 5.91. The van der Waals surface area contributed by atoms with Crippen LogP contribution in [0.25, 0.3) is 34.3 Å². The number of aromatic amines is 2. The fraction of sp³-hybridized carbons (Fsp3) is 0.231. The number of hydrogen-bond donors (Lipinski definition) is 4.